The molecule has 152 valence electrons. The number of aliphatic hydroxyl groups is 3. The fraction of sp³-hybridized carbons (Fsp3) is 0.333. The number of fused-ring (bicyclic) bond motifs is 1. The predicted molar refractivity (Wildman–Crippen MR) is 107 cm³/mol. The van der Waals surface area contributed by atoms with Gasteiger partial charge >= 0.3 is 0 Å². The van der Waals surface area contributed by atoms with E-state index >= 15 is 0 Å². The van der Waals surface area contributed by atoms with Gasteiger partial charge in [-0.2, -0.15) is 0 Å². The first-order valence-corrected chi connectivity index (χ1v) is 9.59. The second-order valence-corrected chi connectivity index (χ2v) is 7.93. The third-order valence-corrected chi connectivity index (χ3v) is 6.34. The molecule has 2 aromatic heterocycles. The first-order valence-electron chi connectivity index (χ1n) is 9.21. The van der Waals surface area contributed by atoms with Gasteiger partial charge in [-0.1, -0.05) is 23.7 Å². The summed E-state index contributed by atoms with van der Waals surface area (Å²) in [5.41, 5.74) is 0.508. The highest BCUT2D eigenvalue weighted by Gasteiger charge is 2.56. The lowest BCUT2D eigenvalue weighted by molar-refractivity contribution is -0.0611. The van der Waals surface area contributed by atoms with E-state index in [1.165, 1.54) is 24.5 Å². The smallest absolute Gasteiger partial charge is 0.143 e. The van der Waals surface area contributed by atoms with Crippen molar-refractivity contribution in [2.24, 2.45) is 5.41 Å². The van der Waals surface area contributed by atoms with Gasteiger partial charge in [0.2, 0.25) is 0 Å². The van der Waals surface area contributed by atoms with Crippen molar-refractivity contribution < 1.29 is 19.7 Å². The zero-order chi connectivity index (χ0) is 20.9. The summed E-state index contributed by atoms with van der Waals surface area (Å²) in [7, 11) is 0. The maximum Gasteiger partial charge on any atom is 0.143 e. The minimum absolute atomic E-state index is 0.131. The van der Waals surface area contributed by atoms with Gasteiger partial charge in [0.25, 0.3) is 0 Å². The minimum atomic E-state index is -1.30. The van der Waals surface area contributed by atoms with Crippen molar-refractivity contribution in [3.63, 3.8) is 0 Å². The molecular weight excluding hydrogens is 397 g/mol. The zero-order valence-corrected chi connectivity index (χ0v) is 16.5. The van der Waals surface area contributed by atoms with Crippen LogP contribution in [0, 0.1) is 18.2 Å². The molecule has 0 amide bonds. The molecule has 2 heterocycles. The topological polar surface area (TPSA) is 91.4 Å². The van der Waals surface area contributed by atoms with E-state index in [2.05, 4.69) is 16.5 Å². The predicted octanol–water partition coefficient (Wildman–Crippen LogP) is 3.10. The van der Waals surface area contributed by atoms with Gasteiger partial charge in [-0.25, -0.2) is 14.4 Å². The number of hydrogen-bond donors (Lipinski definition) is 3. The highest BCUT2D eigenvalue weighted by Crippen LogP contribution is 2.53. The Balaban J connectivity index is 1.76. The molecule has 3 N–H and O–H groups in total. The summed E-state index contributed by atoms with van der Waals surface area (Å²) in [4.78, 5) is 8.49. The van der Waals surface area contributed by atoms with Crippen LogP contribution in [-0.2, 0) is 0 Å². The number of aryl methyl sites for hydroxylation is 1. The third-order valence-electron chi connectivity index (χ3n) is 6.05. The molecule has 0 spiro atoms. The lowest BCUT2D eigenvalue weighted by Crippen LogP contribution is -2.39. The number of aliphatic hydroxyl groups excluding tert-OH is 3. The van der Waals surface area contributed by atoms with Crippen LogP contribution in [0.5, 0.6) is 0 Å². The van der Waals surface area contributed by atoms with E-state index in [0.717, 1.165) is 17.1 Å². The molecule has 0 saturated heterocycles. The van der Waals surface area contributed by atoms with E-state index in [4.69, 9.17) is 11.6 Å². The van der Waals surface area contributed by atoms with E-state index in [1.807, 2.05) is 13.0 Å². The Morgan fingerprint density at radius 1 is 1.34 bits per heavy atom. The lowest BCUT2D eigenvalue weighted by atomic mass is 9.75. The van der Waals surface area contributed by atoms with Gasteiger partial charge in [0.05, 0.1) is 29.0 Å². The fourth-order valence-corrected chi connectivity index (χ4v) is 4.53. The van der Waals surface area contributed by atoms with Crippen molar-refractivity contribution in [1.29, 1.82) is 0 Å². The molecule has 1 saturated carbocycles. The van der Waals surface area contributed by atoms with Gasteiger partial charge in [-0.3, -0.25) is 0 Å². The van der Waals surface area contributed by atoms with E-state index in [9.17, 15) is 19.7 Å². The quantitative estimate of drug-likeness (QED) is 0.567. The Labute approximate surface area is 171 Å². The molecule has 4 rings (SSSR count). The van der Waals surface area contributed by atoms with Crippen LogP contribution in [0.25, 0.3) is 11.0 Å². The zero-order valence-electron chi connectivity index (χ0n) is 15.7. The summed E-state index contributed by atoms with van der Waals surface area (Å²) in [6.07, 6.45) is 1.16. The molecule has 1 unspecified atom stereocenters. The summed E-state index contributed by atoms with van der Waals surface area (Å²) in [6.45, 7) is 5.67. The third kappa shape index (κ3) is 2.97. The van der Waals surface area contributed by atoms with Crippen LogP contribution in [0.1, 0.15) is 29.8 Å². The second kappa shape index (κ2) is 7.18. The highest BCUT2D eigenvalue weighted by molar-refractivity contribution is 6.30. The van der Waals surface area contributed by atoms with Crippen LogP contribution in [0.4, 0.5) is 4.39 Å². The van der Waals surface area contributed by atoms with Crippen molar-refractivity contribution in [2.45, 2.75) is 37.7 Å². The number of halogens is 2. The van der Waals surface area contributed by atoms with Crippen LogP contribution in [0.3, 0.4) is 0 Å². The molecule has 29 heavy (non-hydrogen) atoms. The van der Waals surface area contributed by atoms with E-state index in [1.54, 1.807) is 10.8 Å². The summed E-state index contributed by atoms with van der Waals surface area (Å²) in [6, 6.07) is 5.19. The van der Waals surface area contributed by atoms with E-state index < -0.39 is 35.6 Å². The fourth-order valence-electron chi connectivity index (χ4n) is 4.34. The van der Waals surface area contributed by atoms with Crippen LogP contribution >= 0.6 is 11.6 Å². The molecule has 1 fully saturated rings. The van der Waals surface area contributed by atoms with Gasteiger partial charge in [0.1, 0.15) is 23.9 Å². The van der Waals surface area contributed by atoms with Gasteiger partial charge < -0.3 is 19.9 Å². The first kappa shape index (κ1) is 20.0. The Kier molecular flexibility index (Phi) is 4.94. The molecule has 0 radical (unpaired) electrons. The number of nitrogens with zero attached hydrogens (tertiary/aromatic N) is 3. The Bertz CT molecular complexity index is 1090. The van der Waals surface area contributed by atoms with Gasteiger partial charge in [0.15, 0.2) is 0 Å². The van der Waals surface area contributed by atoms with Gasteiger partial charge in [0, 0.05) is 17.0 Å². The molecule has 8 heteroatoms. The molecular formula is C21H21ClFN3O3. The van der Waals surface area contributed by atoms with Crippen LogP contribution < -0.4 is 0 Å². The molecule has 5 atom stereocenters. The van der Waals surface area contributed by atoms with Crippen molar-refractivity contribution in [3.8, 4) is 0 Å². The minimum Gasteiger partial charge on any atom is -0.389 e. The Morgan fingerprint density at radius 2 is 2.10 bits per heavy atom. The van der Waals surface area contributed by atoms with E-state index in [-0.39, 0.29) is 11.4 Å². The maximum absolute atomic E-state index is 13.5. The monoisotopic (exact) mass is 417 g/mol. The number of benzene rings is 1. The van der Waals surface area contributed by atoms with Crippen molar-refractivity contribution >= 4 is 22.6 Å². The summed E-state index contributed by atoms with van der Waals surface area (Å²) in [5, 5.41) is 33.6. The maximum atomic E-state index is 13.5. The molecule has 0 aliphatic heterocycles. The van der Waals surface area contributed by atoms with Crippen molar-refractivity contribution in [3.05, 3.63) is 71.5 Å². The van der Waals surface area contributed by atoms with Gasteiger partial charge in [-0.05, 0) is 37.1 Å². The van der Waals surface area contributed by atoms with E-state index in [0.29, 0.717) is 11.2 Å². The second-order valence-electron chi connectivity index (χ2n) is 7.52. The summed E-state index contributed by atoms with van der Waals surface area (Å²) >= 11 is 5.87. The van der Waals surface area contributed by atoms with Crippen LogP contribution in [0.15, 0.2) is 49.4 Å². The molecule has 1 aliphatic carbocycles. The number of aromatic nitrogens is 3. The first-order chi connectivity index (χ1) is 13.8. The normalized spacial score (nSPS) is 28.0. The summed E-state index contributed by atoms with van der Waals surface area (Å²) < 4.78 is 15.3. The lowest BCUT2D eigenvalue weighted by Gasteiger charge is -2.35. The molecule has 1 aromatic carbocycles. The Morgan fingerprint density at radius 3 is 2.79 bits per heavy atom. The SMILES string of the molecule is C=C[C@]1(C(O)c2ccc(F)c(Cl)c2)C[C@@H](n2ccc3c(C)ncnc32)[C@H](O)[C@@H]1O. The van der Waals surface area contributed by atoms with Crippen molar-refractivity contribution in [2.75, 3.05) is 0 Å². The largest absolute Gasteiger partial charge is 0.389 e. The average molecular weight is 418 g/mol. The standard InChI is InChI=1S/C21H21ClFN3O3/c1-3-21(18(28)12-4-5-15(23)14(22)8-12)9-16(17(27)19(21)29)26-7-6-13-11(2)24-10-25-20(13)26/h3-8,10,16-19,27-29H,1,9H2,2H3/t16-,17+,18?,19+,21-/m1/s1. The van der Waals surface area contributed by atoms with Crippen LogP contribution in [0.2, 0.25) is 5.02 Å². The highest BCUT2D eigenvalue weighted by atomic mass is 35.5. The number of hydrogen-bond acceptors (Lipinski definition) is 5. The Hall–Kier alpha value is -2.32. The number of rotatable bonds is 4. The summed E-state index contributed by atoms with van der Waals surface area (Å²) in [5.74, 6) is -0.603. The van der Waals surface area contributed by atoms with Gasteiger partial charge in [-0.15, -0.1) is 6.58 Å². The average Bonchev–Trinajstić information content (AvgIpc) is 3.25. The molecule has 0 bridgehead atoms. The molecule has 1 aliphatic rings. The van der Waals surface area contributed by atoms with Crippen molar-refractivity contribution in [1.82, 2.24) is 14.5 Å². The molecule has 3 aromatic rings. The van der Waals surface area contributed by atoms with Crippen LogP contribution in [-0.4, -0.2) is 42.1 Å². The molecule has 6 nitrogen and oxygen atoms in total.